The summed E-state index contributed by atoms with van der Waals surface area (Å²) in [7, 11) is -0.666. The van der Waals surface area contributed by atoms with E-state index in [1.165, 1.54) is 26.4 Å². The fraction of sp³-hybridized carbons (Fsp3) is 0.235. The highest BCUT2D eigenvalue weighted by Gasteiger charge is 2.18. The van der Waals surface area contributed by atoms with Crippen LogP contribution in [-0.2, 0) is 10.0 Å². The zero-order valence-electron chi connectivity index (χ0n) is 15.0. The number of aromatic amines is 1. The molecule has 0 atom stereocenters. The molecule has 0 aliphatic carbocycles. The summed E-state index contributed by atoms with van der Waals surface area (Å²) in [4.78, 5) is 10.9. The van der Waals surface area contributed by atoms with Gasteiger partial charge >= 0.3 is 0 Å². The normalized spacial score (nSPS) is 11.7. The van der Waals surface area contributed by atoms with E-state index in [0.29, 0.717) is 16.6 Å². The zero-order valence-corrected chi connectivity index (χ0v) is 15.8. The number of fused-ring (bicyclic) bond motifs is 1. The van der Waals surface area contributed by atoms with E-state index in [1.54, 1.807) is 0 Å². The van der Waals surface area contributed by atoms with Gasteiger partial charge < -0.3 is 10.3 Å². The molecule has 0 spiro atoms. The van der Waals surface area contributed by atoms with Crippen LogP contribution in [0.5, 0.6) is 0 Å². The quantitative estimate of drug-likeness (QED) is 0.648. The molecule has 11 heteroatoms. The number of rotatable bonds is 6. The Labute approximate surface area is 159 Å². The predicted octanol–water partition coefficient (Wildman–Crippen LogP) is 2.08. The summed E-state index contributed by atoms with van der Waals surface area (Å²) < 4.78 is 52.6. The number of nitriles is 1. The Balaban J connectivity index is 1.99. The van der Waals surface area contributed by atoms with Gasteiger partial charge in [0.05, 0.1) is 23.2 Å². The minimum atomic E-state index is -3.47. The molecule has 3 heterocycles. The third-order valence-electron chi connectivity index (χ3n) is 4.06. The maximum atomic E-state index is 14.3. The number of hydrogen-bond acceptors (Lipinski definition) is 6. The first-order valence-electron chi connectivity index (χ1n) is 8.10. The van der Waals surface area contributed by atoms with Crippen molar-refractivity contribution in [1.82, 2.24) is 19.3 Å². The van der Waals surface area contributed by atoms with Crippen LogP contribution in [0.25, 0.3) is 22.3 Å². The maximum Gasteiger partial charge on any atom is 0.215 e. The van der Waals surface area contributed by atoms with Crippen LogP contribution in [0.15, 0.2) is 24.5 Å². The van der Waals surface area contributed by atoms with E-state index in [2.05, 4.69) is 20.3 Å². The average molecular weight is 406 g/mol. The molecule has 3 aromatic heterocycles. The summed E-state index contributed by atoms with van der Waals surface area (Å²) in [5, 5.41) is 12.4. The molecule has 0 unspecified atom stereocenters. The fourth-order valence-corrected chi connectivity index (χ4v) is 3.28. The van der Waals surface area contributed by atoms with Crippen LogP contribution in [0, 0.1) is 23.0 Å². The summed E-state index contributed by atoms with van der Waals surface area (Å²) in [5.41, 5.74) is 0.843. The summed E-state index contributed by atoms with van der Waals surface area (Å²) in [6, 6.07) is 4.10. The number of pyridine rings is 2. The van der Waals surface area contributed by atoms with Crippen molar-refractivity contribution in [2.24, 2.45) is 0 Å². The van der Waals surface area contributed by atoms with Crippen molar-refractivity contribution in [2.45, 2.75) is 0 Å². The van der Waals surface area contributed by atoms with Crippen molar-refractivity contribution >= 4 is 26.9 Å². The summed E-state index contributed by atoms with van der Waals surface area (Å²) in [5.74, 6) is -1.84. The number of aromatic nitrogens is 3. The Kier molecular flexibility index (Phi) is 5.26. The number of nitrogens with zero attached hydrogens (tertiary/aromatic N) is 4. The molecular weight excluding hydrogens is 390 g/mol. The van der Waals surface area contributed by atoms with E-state index in [0.717, 1.165) is 16.6 Å². The molecular formula is C17H16F2N6O2S. The second-order valence-corrected chi connectivity index (χ2v) is 8.41. The first-order chi connectivity index (χ1) is 13.2. The topological polar surface area (TPSA) is 115 Å². The minimum Gasteiger partial charge on any atom is -0.367 e. The zero-order chi connectivity index (χ0) is 20.5. The van der Waals surface area contributed by atoms with Gasteiger partial charge in [-0.1, -0.05) is 0 Å². The van der Waals surface area contributed by atoms with Gasteiger partial charge in [0, 0.05) is 37.8 Å². The van der Waals surface area contributed by atoms with Gasteiger partial charge in [-0.05, 0) is 12.1 Å². The van der Waals surface area contributed by atoms with Crippen LogP contribution in [0.2, 0.25) is 0 Å². The van der Waals surface area contributed by atoms with Gasteiger partial charge in [-0.3, -0.25) is 0 Å². The van der Waals surface area contributed by atoms with Gasteiger partial charge in [0.25, 0.3) is 0 Å². The number of halogens is 2. The third-order valence-corrected chi connectivity index (χ3v) is 5.89. The molecule has 8 nitrogen and oxygen atoms in total. The van der Waals surface area contributed by atoms with Crippen molar-refractivity contribution in [3.63, 3.8) is 0 Å². The molecule has 3 rings (SSSR count). The van der Waals surface area contributed by atoms with E-state index in [9.17, 15) is 22.5 Å². The number of H-pyrrole nitrogens is 1. The van der Waals surface area contributed by atoms with Crippen LogP contribution in [0.4, 0.5) is 14.6 Å². The lowest BCUT2D eigenvalue weighted by atomic mass is 10.1. The predicted molar refractivity (Wildman–Crippen MR) is 99.9 cm³/mol. The molecule has 0 aliphatic heterocycles. The van der Waals surface area contributed by atoms with Crippen LogP contribution < -0.4 is 5.32 Å². The average Bonchev–Trinajstić information content (AvgIpc) is 3.05. The third kappa shape index (κ3) is 3.78. The van der Waals surface area contributed by atoms with E-state index >= 15 is 0 Å². The second-order valence-electron chi connectivity index (χ2n) is 6.10. The molecule has 0 aliphatic rings. The first kappa shape index (κ1) is 19.7. The Morgan fingerprint density at radius 3 is 2.75 bits per heavy atom. The van der Waals surface area contributed by atoms with Gasteiger partial charge in [0.15, 0.2) is 11.6 Å². The Hall–Kier alpha value is -3.10. The molecule has 0 saturated heterocycles. The molecule has 28 heavy (non-hydrogen) atoms. The van der Waals surface area contributed by atoms with E-state index < -0.39 is 21.7 Å². The largest absolute Gasteiger partial charge is 0.367 e. The monoisotopic (exact) mass is 406 g/mol. The molecule has 0 radical (unpaired) electrons. The van der Waals surface area contributed by atoms with Gasteiger partial charge in [0.2, 0.25) is 10.0 Å². The van der Waals surface area contributed by atoms with Gasteiger partial charge in [-0.25, -0.2) is 31.5 Å². The Bertz CT molecular complexity index is 1180. The van der Waals surface area contributed by atoms with E-state index in [-0.39, 0.29) is 29.4 Å². The summed E-state index contributed by atoms with van der Waals surface area (Å²) in [6.07, 6.45) is 2.54. The van der Waals surface area contributed by atoms with Crippen molar-refractivity contribution < 1.29 is 17.2 Å². The maximum absolute atomic E-state index is 14.3. The van der Waals surface area contributed by atoms with Gasteiger partial charge in [-0.2, -0.15) is 5.26 Å². The first-order valence-corrected chi connectivity index (χ1v) is 9.71. The molecule has 2 N–H and O–H groups in total. The van der Waals surface area contributed by atoms with Crippen molar-refractivity contribution in [3.8, 4) is 17.3 Å². The van der Waals surface area contributed by atoms with Crippen LogP contribution in [-0.4, -0.2) is 54.1 Å². The SMILES string of the molecule is CN(C)S(=O)(=O)CCNc1nc(-c2c[nH]c3ncc(F)cc23)c(C#N)cc1F. The molecule has 0 amide bonds. The smallest absolute Gasteiger partial charge is 0.215 e. The van der Waals surface area contributed by atoms with Gasteiger partial charge in [0.1, 0.15) is 17.5 Å². The van der Waals surface area contributed by atoms with Crippen LogP contribution >= 0.6 is 0 Å². The summed E-state index contributed by atoms with van der Waals surface area (Å²) in [6.45, 7) is -0.0835. The van der Waals surface area contributed by atoms with Crippen molar-refractivity contribution in [1.29, 1.82) is 5.26 Å². The van der Waals surface area contributed by atoms with Gasteiger partial charge in [-0.15, -0.1) is 0 Å². The van der Waals surface area contributed by atoms with Crippen LogP contribution in [0.3, 0.4) is 0 Å². The number of nitrogens with one attached hydrogen (secondary N) is 2. The second kappa shape index (κ2) is 7.49. The molecule has 0 saturated carbocycles. The number of hydrogen-bond donors (Lipinski definition) is 2. The van der Waals surface area contributed by atoms with E-state index in [1.807, 2.05) is 6.07 Å². The molecule has 0 aromatic carbocycles. The Morgan fingerprint density at radius 2 is 2.07 bits per heavy atom. The molecule has 0 fully saturated rings. The minimum absolute atomic E-state index is 0.0471. The number of anilines is 1. The standard InChI is InChI=1S/C17H16F2N6O2S/c1-25(2)28(26,27)4-3-21-17-14(19)5-10(7-20)15(24-17)13-9-23-16-12(13)6-11(18)8-22-16/h5-6,8-9H,3-4H2,1-2H3,(H,21,24)(H,22,23). The highest BCUT2D eigenvalue weighted by atomic mass is 32.2. The van der Waals surface area contributed by atoms with Crippen LogP contribution in [0.1, 0.15) is 5.56 Å². The number of sulfonamides is 1. The fourth-order valence-electron chi connectivity index (χ4n) is 2.56. The molecule has 0 bridgehead atoms. The lowest BCUT2D eigenvalue weighted by Gasteiger charge is -2.13. The van der Waals surface area contributed by atoms with E-state index in [4.69, 9.17) is 0 Å². The lowest BCUT2D eigenvalue weighted by molar-refractivity contribution is 0.521. The highest BCUT2D eigenvalue weighted by Crippen LogP contribution is 2.31. The highest BCUT2D eigenvalue weighted by molar-refractivity contribution is 7.89. The molecule has 3 aromatic rings. The Morgan fingerprint density at radius 1 is 1.32 bits per heavy atom. The molecule has 146 valence electrons. The van der Waals surface area contributed by atoms with Crippen molar-refractivity contribution in [2.75, 3.05) is 31.7 Å². The lowest BCUT2D eigenvalue weighted by Crippen LogP contribution is -2.28. The van der Waals surface area contributed by atoms with Crippen molar-refractivity contribution in [3.05, 3.63) is 41.7 Å². The summed E-state index contributed by atoms with van der Waals surface area (Å²) >= 11 is 0.